The van der Waals surface area contributed by atoms with Crippen LogP contribution in [0.1, 0.15) is 32.6 Å². The van der Waals surface area contributed by atoms with E-state index in [-0.39, 0.29) is 35.5 Å². The van der Waals surface area contributed by atoms with Gasteiger partial charge in [-0.05, 0) is 49.7 Å². The van der Waals surface area contributed by atoms with Crippen LogP contribution in [-0.4, -0.2) is 24.3 Å². The average molecular weight is 340 g/mol. The Bertz CT molecular complexity index is 698. The van der Waals surface area contributed by atoms with Gasteiger partial charge < -0.3 is 5.32 Å². The number of rotatable bonds is 4. The Kier molecular flexibility index (Phi) is 4.10. The number of imide groups is 1. The van der Waals surface area contributed by atoms with Gasteiger partial charge in [0, 0.05) is 6.54 Å². The molecule has 2 aliphatic carbocycles. The molecule has 1 saturated heterocycles. The monoisotopic (exact) mass is 340 g/mol. The minimum Gasteiger partial charge on any atom is -0.356 e. The minimum atomic E-state index is -0.518. The lowest BCUT2D eigenvalue weighted by molar-refractivity contribution is -0.136. The summed E-state index contributed by atoms with van der Waals surface area (Å²) < 4.78 is 0. The maximum absolute atomic E-state index is 13.1. The van der Waals surface area contributed by atoms with Gasteiger partial charge in [-0.2, -0.15) is 0 Å². The van der Waals surface area contributed by atoms with Gasteiger partial charge in [0.25, 0.3) is 0 Å². The molecule has 0 aromatic heterocycles. The van der Waals surface area contributed by atoms with Crippen LogP contribution in [0.25, 0.3) is 0 Å². The number of fused-ring (bicyclic) bond motifs is 1. The molecule has 2 saturated carbocycles. The predicted molar refractivity (Wildman–Crippen MR) is 93.5 cm³/mol. The number of para-hydroxylation sites is 1. The Balaban J connectivity index is 1.60. The highest BCUT2D eigenvalue weighted by atomic mass is 16.2. The van der Waals surface area contributed by atoms with E-state index in [2.05, 4.69) is 5.32 Å². The van der Waals surface area contributed by atoms with E-state index in [1.54, 1.807) is 12.1 Å². The van der Waals surface area contributed by atoms with Crippen molar-refractivity contribution in [3.63, 3.8) is 0 Å². The molecule has 0 bridgehead atoms. The molecule has 1 aliphatic heterocycles. The lowest BCUT2D eigenvalue weighted by atomic mass is 9.68. The van der Waals surface area contributed by atoms with Gasteiger partial charge in [-0.25, -0.2) is 0 Å². The molecule has 5 nitrogen and oxygen atoms in total. The summed E-state index contributed by atoms with van der Waals surface area (Å²) in [5.41, 5.74) is 0.608. The van der Waals surface area contributed by atoms with E-state index in [1.165, 1.54) is 17.7 Å². The number of hydrogen-bond acceptors (Lipinski definition) is 3. The number of anilines is 1. The second-order valence-corrected chi connectivity index (χ2v) is 7.75. The van der Waals surface area contributed by atoms with E-state index in [4.69, 9.17) is 0 Å². The molecule has 0 radical (unpaired) electrons. The molecule has 3 aliphatic rings. The molecular weight excluding hydrogens is 316 g/mol. The number of benzene rings is 1. The quantitative estimate of drug-likeness (QED) is 0.856. The van der Waals surface area contributed by atoms with Crippen molar-refractivity contribution in [2.75, 3.05) is 11.4 Å². The topological polar surface area (TPSA) is 66.5 Å². The molecule has 3 amide bonds. The minimum absolute atomic E-state index is 0.0511. The largest absolute Gasteiger partial charge is 0.356 e. The Morgan fingerprint density at radius 1 is 1.04 bits per heavy atom. The lowest BCUT2D eigenvalue weighted by Gasteiger charge is -2.33. The second kappa shape index (κ2) is 6.28. The highest BCUT2D eigenvalue weighted by Gasteiger charge is 2.56. The second-order valence-electron chi connectivity index (χ2n) is 7.75. The van der Waals surface area contributed by atoms with E-state index >= 15 is 0 Å². The molecule has 1 heterocycles. The van der Waals surface area contributed by atoms with Crippen LogP contribution in [0.3, 0.4) is 0 Å². The van der Waals surface area contributed by atoms with Crippen molar-refractivity contribution in [3.05, 3.63) is 30.3 Å². The first-order chi connectivity index (χ1) is 12.1. The molecular formula is C20H24N2O3. The predicted octanol–water partition coefficient (Wildman–Crippen LogP) is 2.36. The average Bonchev–Trinajstić information content (AvgIpc) is 3.40. The molecule has 4 atom stereocenters. The summed E-state index contributed by atoms with van der Waals surface area (Å²) in [6.45, 7) is 2.72. The van der Waals surface area contributed by atoms with Crippen molar-refractivity contribution >= 4 is 23.4 Å². The number of amides is 3. The van der Waals surface area contributed by atoms with E-state index in [0.29, 0.717) is 24.6 Å². The summed E-state index contributed by atoms with van der Waals surface area (Å²) in [5.74, 6) is -0.955. The third-order valence-electron chi connectivity index (χ3n) is 5.99. The van der Waals surface area contributed by atoms with Gasteiger partial charge >= 0.3 is 0 Å². The lowest BCUT2D eigenvalue weighted by Crippen LogP contribution is -2.44. The molecule has 0 unspecified atom stereocenters. The van der Waals surface area contributed by atoms with Crippen molar-refractivity contribution in [2.45, 2.75) is 32.6 Å². The molecule has 1 N–H and O–H groups in total. The molecule has 0 spiro atoms. The smallest absolute Gasteiger partial charge is 0.238 e. The Morgan fingerprint density at radius 3 is 2.40 bits per heavy atom. The highest BCUT2D eigenvalue weighted by molar-refractivity contribution is 6.23. The summed E-state index contributed by atoms with van der Waals surface area (Å²) in [5, 5.41) is 3.01. The van der Waals surface area contributed by atoms with E-state index < -0.39 is 5.92 Å². The van der Waals surface area contributed by atoms with Crippen LogP contribution < -0.4 is 10.2 Å². The zero-order chi connectivity index (χ0) is 17.6. The van der Waals surface area contributed by atoms with Crippen molar-refractivity contribution in [3.8, 4) is 0 Å². The summed E-state index contributed by atoms with van der Waals surface area (Å²) in [6.07, 6.45) is 3.84. The zero-order valence-corrected chi connectivity index (χ0v) is 14.5. The van der Waals surface area contributed by atoms with E-state index in [9.17, 15) is 14.4 Å². The summed E-state index contributed by atoms with van der Waals surface area (Å²) >= 11 is 0. The van der Waals surface area contributed by atoms with Gasteiger partial charge in [-0.15, -0.1) is 0 Å². The van der Waals surface area contributed by atoms with Crippen LogP contribution in [-0.2, 0) is 14.4 Å². The SMILES string of the molecule is C[C@@H]1CC[C@H](C(=O)NCC2CC2)[C@@H]2C(=O)N(c3ccccc3)C(=O)[C@@H]21. The molecule has 132 valence electrons. The number of carbonyl (C=O) groups excluding carboxylic acids is 3. The fourth-order valence-corrected chi connectivity index (χ4v) is 4.36. The third kappa shape index (κ3) is 2.86. The first kappa shape index (κ1) is 16.3. The fraction of sp³-hybridized carbons (Fsp3) is 0.550. The maximum atomic E-state index is 13.1. The normalized spacial score (nSPS) is 31.8. The number of carbonyl (C=O) groups is 3. The van der Waals surface area contributed by atoms with Crippen molar-refractivity contribution in [2.24, 2.45) is 29.6 Å². The molecule has 5 heteroatoms. The standard InChI is InChI=1S/C20H24N2O3/c1-12-7-10-15(18(23)21-11-13-8-9-13)17-16(12)19(24)22(20(17)25)14-5-3-2-4-6-14/h2-6,12-13,15-17H,7-11H2,1H3,(H,21,23)/t12-,15+,16-,17+/m1/s1. The first-order valence-electron chi connectivity index (χ1n) is 9.28. The van der Waals surface area contributed by atoms with Gasteiger partial charge in [0.05, 0.1) is 23.4 Å². The molecule has 3 fully saturated rings. The Hall–Kier alpha value is -2.17. The first-order valence-corrected chi connectivity index (χ1v) is 9.28. The molecule has 4 rings (SSSR count). The number of nitrogens with one attached hydrogen (secondary N) is 1. The van der Waals surface area contributed by atoms with Crippen molar-refractivity contribution in [1.29, 1.82) is 0 Å². The summed E-state index contributed by atoms with van der Waals surface area (Å²) in [7, 11) is 0. The highest BCUT2D eigenvalue weighted by Crippen LogP contribution is 2.46. The number of hydrogen-bond donors (Lipinski definition) is 1. The van der Waals surface area contributed by atoms with Crippen LogP contribution in [0.5, 0.6) is 0 Å². The van der Waals surface area contributed by atoms with Crippen LogP contribution in [0, 0.1) is 29.6 Å². The molecule has 1 aromatic carbocycles. The van der Waals surface area contributed by atoms with Gasteiger partial charge in [-0.1, -0.05) is 25.1 Å². The Morgan fingerprint density at radius 2 is 1.72 bits per heavy atom. The van der Waals surface area contributed by atoms with Crippen molar-refractivity contribution < 1.29 is 14.4 Å². The summed E-state index contributed by atoms with van der Waals surface area (Å²) in [4.78, 5) is 40.1. The van der Waals surface area contributed by atoms with E-state index in [1.807, 2.05) is 25.1 Å². The van der Waals surface area contributed by atoms with Crippen LogP contribution >= 0.6 is 0 Å². The third-order valence-corrected chi connectivity index (χ3v) is 5.99. The van der Waals surface area contributed by atoms with E-state index in [0.717, 1.165) is 6.42 Å². The van der Waals surface area contributed by atoms with Crippen molar-refractivity contribution in [1.82, 2.24) is 5.32 Å². The van der Waals surface area contributed by atoms with Gasteiger partial charge in [0.15, 0.2) is 0 Å². The van der Waals surface area contributed by atoms with Gasteiger partial charge in [0.2, 0.25) is 17.7 Å². The maximum Gasteiger partial charge on any atom is 0.238 e. The fourth-order valence-electron chi connectivity index (χ4n) is 4.36. The van der Waals surface area contributed by atoms with Crippen LogP contribution in [0.4, 0.5) is 5.69 Å². The van der Waals surface area contributed by atoms with Crippen LogP contribution in [0.15, 0.2) is 30.3 Å². The zero-order valence-electron chi connectivity index (χ0n) is 14.5. The van der Waals surface area contributed by atoms with Gasteiger partial charge in [0.1, 0.15) is 0 Å². The Labute approximate surface area is 147 Å². The summed E-state index contributed by atoms with van der Waals surface area (Å²) in [6, 6.07) is 9.06. The number of nitrogens with zero attached hydrogens (tertiary/aromatic N) is 1. The molecule has 1 aromatic rings. The van der Waals surface area contributed by atoms with Crippen LogP contribution in [0.2, 0.25) is 0 Å². The molecule has 25 heavy (non-hydrogen) atoms. The van der Waals surface area contributed by atoms with Gasteiger partial charge in [-0.3, -0.25) is 19.3 Å².